The van der Waals surface area contributed by atoms with Crippen LogP contribution in [0, 0.1) is 22.7 Å². The molecule has 0 spiro atoms. The van der Waals surface area contributed by atoms with Gasteiger partial charge in [-0.15, -0.1) is 11.3 Å². The van der Waals surface area contributed by atoms with Crippen LogP contribution >= 0.6 is 11.3 Å². The fourth-order valence-electron chi connectivity index (χ4n) is 1.77. The third-order valence-electron chi connectivity index (χ3n) is 2.59. The molecule has 1 atom stereocenters. The molecule has 3 N–H and O–H groups in total. The average Bonchev–Trinajstić information content (AvgIpc) is 2.82. The molecule has 2 heterocycles. The van der Waals surface area contributed by atoms with Crippen LogP contribution in [0.3, 0.4) is 0 Å². The molecule has 1 saturated heterocycles. The molecule has 0 saturated carbocycles. The van der Waals surface area contributed by atoms with Crippen molar-refractivity contribution in [2.24, 2.45) is 0 Å². The summed E-state index contributed by atoms with van der Waals surface area (Å²) in [6, 6.07) is 4.00. The Kier molecular flexibility index (Phi) is 2.69. The molecule has 16 heavy (non-hydrogen) atoms. The van der Waals surface area contributed by atoms with Crippen molar-refractivity contribution in [3.8, 4) is 12.1 Å². The van der Waals surface area contributed by atoms with E-state index in [-0.39, 0.29) is 11.8 Å². The second kappa shape index (κ2) is 4.01. The number of anilines is 2. The molecule has 1 aromatic rings. The van der Waals surface area contributed by atoms with Gasteiger partial charge in [0.2, 0.25) is 0 Å². The van der Waals surface area contributed by atoms with Gasteiger partial charge < -0.3 is 15.7 Å². The van der Waals surface area contributed by atoms with E-state index < -0.39 is 0 Å². The maximum Gasteiger partial charge on any atom is 0.131 e. The summed E-state index contributed by atoms with van der Waals surface area (Å²) in [5.41, 5.74) is 6.32. The number of nitrogen functional groups attached to an aromatic ring is 1. The molecular formula is C10H10N4OS. The van der Waals surface area contributed by atoms with Gasteiger partial charge in [0.15, 0.2) is 0 Å². The fraction of sp³-hybridized carbons (Fsp3) is 0.400. The van der Waals surface area contributed by atoms with E-state index in [2.05, 4.69) is 0 Å². The first kappa shape index (κ1) is 10.7. The Balaban J connectivity index is 2.42. The number of hydrogen-bond donors (Lipinski definition) is 2. The van der Waals surface area contributed by atoms with Gasteiger partial charge in [-0.3, -0.25) is 0 Å². The molecule has 0 amide bonds. The first-order valence-electron chi connectivity index (χ1n) is 4.82. The molecule has 0 aliphatic carbocycles. The Hall–Kier alpha value is -1.76. The van der Waals surface area contributed by atoms with Gasteiger partial charge in [0, 0.05) is 13.1 Å². The Morgan fingerprint density at radius 3 is 2.69 bits per heavy atom. The van der Waals surface area contributed by atoms with E-state index >= 15 is 0 Å². The average molecular weight is 234 g/mol. The van der Waals surface area contributed by atoms with Crippen LogP contribution in [0.25, 0.3) is 0 Å². The van der Waals surface area contributed by atoms with Crippen LogP contribution in [0.5, 0.6) is 0 Å². The van der Waals surface area contributed by atoms with Gasteiger partial charge in [-0.2, -0.15) is 10.5 Å². The number of nitrogens with zero attached hydrogens (tertiary/aromatic N) is 3. The van der Waals surface area contributed by atoms with Crippen LogP contribution < -0.4 is 10.6 Å². The van der Waals surface area contributed by atoms with Crippen LogP contribution in [-0.4, -0.2) is 24.3 Å². The van der Waals surface area contributed by atoms with Gasteiger partial charge in [-0.1, -0.05) is 0 Å². The van der Waals surface area contributed by atoms with Gasteiger partial charge in [0.25, 0.3) is 0 Å². The molecule has 1 fully saturated rings. The normalized spacial score (nSPS) is 19.4. The van der Waals surface area contributed by atoms with Gasteiger partial charge in [0.05, 0.1) is 11.8 Å². The van der Waals surface area contributed by atoms with E-state index in [1.54, 1.807) is 0 Å². The van der Waals surface area contributed by atoms with Crippen molar-refractivity contribution < 1.29 is 5.11 Å². The zero-order valence-corrected chi connectivity index (χ0v) is 9.29. The van der Waals surface area contributed by atoms with Gasteiger partial charge in [-0.25, -0.2) is 0 Å². The maximum atomic E-state index is 9.44. The zero-order valence-electron chi connectivity index (χ0n) is 8.47. The molecular weight excluding hydrogens is 224 g/mol. The second-order valence-electron chi connectivity index (χ2n) is 3.64. The fourth-order valence-corrected chi connectivity index (χ4v) is 2.78. The third-order valence-corrected chi connectivity index (χ3v) is 3.76. The van der Waals surface area contributed by atoms with Crippen molar-refractivity contribution in [1.82, 2.24) is 0 Å². The van der Waals surface area contributed by atoms with Gasteiger partial charge >= 0.3 is 0 Å². The maximum absolute atomic E-state index is 9.44. The number of thiophene rings is 1. The van der Waals surface area contributed by atoms with E-state index in [1.807, 2.05) is 17.0 Å². The second-order valence-corrected chi connectivity index (χ2v) is 4.64. The van der Waals surface area contributed by atoms with Crippen LogP contribution in [0.15, 0.2) is 0 Å². The van der Waals surface area contributed by atoms with Crippen molar-refractivity contribution in [1.29, 1.82) is 10.5 Å². The molecule has 2 rings (SSSR count). The summed E-state index contributed by atoms with van der Waals surface area (Å²) in [6.45, 7) is 1.19. The molecule has 1 aromatic heterocycles. The van der Waals surface area contributed by atoms with E-state index in [4.69, 9.17) is 16.3 Å². The van der Waals surface area contributed by atoms with E-state index in [9.17, 15) is 5.11 Å². The highest BCUT2D eigenvalue weighted by Gasteiger charge is 2.26. The molecule has 1 aliphatic heterocycles. The molecule has 0 bridgehead atoms. The van der Waals surface area contributed by atoms with Crippen molar-refractivity contribution in [2.75, 3.05) is 23.7 Å². The number of aliphatic hydroxyl groups is 1. The Labute approximate surface area is 96.9 Å². The smallest absolute Gasteiger partial charge is 0.131 e. The Morgan fingerprint density at radius 2 is 2.19 bits per heavy atom. The van der Waals surface area contributed by atoms with E-state index in [0.29, 0.717) is 35.0 Å². The highest BCUT2D eigenvalue weighted by Crippen LogP contribution is 2.38. The molecule has 1 unspecified atom stereocenters. The Bertz CT molecular complexity index is 496. The molecule has 6 heteroatoms. The quantitative estimate of drug-likeness (QED) is 0.743. The number of hydrogen-bond acceptors (Lipinski definition) is 6. The third kappa shape index (κ3) is 1.58. The minimum absolute atomic E-state index is 0.256. The summed E-state index contributed by atoms with van der Waals surface area (Å²) < 4.78 is 0. The topological polar surface area (TPSA) is 97.1 Å². The number of aliphatic hydroxyl groups excluding tert-OH is 1. The molecule has 0 aromatic carbocycles. The number of nitriles is 2. The first-order chi connectivity index (χ1) is 7.67. The summed E-state index contributed by atoms with van der Waals surface area (Å²) in [5.74, 6) is 0. The SMILES string of the molecule is N#Cc1sc(N2CCC(O)C2)c(C#N)c1N. The van der Waals surface area contributed by atoms with Crippen LogP contribution in [0.2, 0.25) is 0 Å². The van der Waals surface area contributed by atoms with E-state index in [1.165, 1.54) is 11.3 Å². The first-order valence-corrected chi connectivity index (χ1v) is 5.64. The minimum atomic E-state index is -0.361. The lowest BCUT2D eigenvalue weighted by Gasteiger charge is -2.15. The largest absolute Gasteiger partial charge is 0.396 e. The predicted octanol–water partition coefficient (Wildman–Crippen LogP) is 0.645. The van der Waals surface area contributed by atoms with Crippen LogP contribution in [0.4, 0.5) is 10.7 Å². The molecule has 5 nitrogen and oxygen atoms in total. The predicted molar refractivity (Wildman–Crippen MR) is 61.0 cm³/mol. The summed E-state index contributed by atoms with van der Waals surface area (Å²) >= 11 is 1.22. The zero-order chi connectivity index (χ0) is 11.7. The summed E-state index contributed by atoms with van der Waals surface area (Å²) in [6.07, 6.45) is 0.324. The van der Waals surface area contributed by atoms with Crippen LogP contribution in [-0.2, 0) is 0 Å². The number of β-amino-alcohol motifs (C(OH)–C–C–N with tert-alkyl or cyclic N) is 1. The molecule has 82 valence electrons. The van der Waals surface area contributed by atoms with Crippen molar-refractivity contribution in [3.05, 3.63) is 10.4 Å². The van der Waals surface area contributed by atoms with Gasteiger partial charge in [-0.05, 0) is 6.42 Å². The lowest BCUT2D eigenvalue weighted by atomic mass is 10.2. The number of rotatable bonds is 1. The highest BCUT2D eigenvalue weighted by atomic mass is 32.1. The highest BCUT2D eigenvalue weighted by molar-refractivity contribution is 7.17. The van der Waals surface area contributed by atoms with Gasteiger partial charge in [0.1, 0.15) is 27.6 Å². The summed E-state index contributed by atoms with van der Waals surface area (Å²) in [5, 5.41) is 28.0. The summed E-state index contributed by atoms with van der Waals surface area (Å²) in [4.78, 5) is 2.28. The standard InChI is InChI=1S/C10H10N4OS/c11-3-7-9(13)8(4-12)16-10(7)14-2-1-6(15)5-14/h6,15H,1-2,5,13H2. The minimum Gasteiger partial charge on any atom is -0.396 e. The van der Waals surface area contributed by atoms with Crippen molar-refractivity contribution in [3.63, 3.8) is 0 Å². The lowest BCUT2D eigenvalue weighted by molar-refractivity contribution is 0.198. The Morgan fingerprint density at radius 1 is 1.44 bits per heavy atom. The number of nitrogens with two attached hydrogens (primary N) is 1. The van der Waals surface area contributed by atoms with Crippen molar-refractivity contribution in [2.45, 2.75) is 12.5 Å². The molecule has 0 radical (unpaired) electrons. The monoisotopic (exact) mass is 234 g/mol. The van der Waals surface area contributed by atoms with Crippen molar-refractivity contribution >= 4 is 22.0 Å². The molecule has 1 aliphatic rings. The van der Waals surface area contributed by atoms with E-state index in [0.717, 1.165) is 0 Å². The summed E-state index contributed by atoms with van der Waals surface area (Å²) in [7, 11) is 0. The lowest BCUT2D eigenvalue weighted by Crippen LogP contribution is -2.20. The van der Waals surface area contributed by atoms with Crippen LogP contribution in [0.1, 0.15) is 16.9 Å².